The molecule has 1 saturated heterocycles. The van der Waals surface area contributed by atoms with Gasteiger partial charge in [0.2, 0.25) is 0 Å². The summed E-state index contributed by atoms with van der Waals surface area (Å²) in [6, 6.07) is 30.6. The summed E-state index contributed by atoms with van der Waals surface area (Å²) in [6.07, 6.45) is 0.661. The van der Waals surface area contributed by atoms with Gasteiger partial charge in [0, 0.05) is 12.8 Å². The van der Waals surface area contributed by atoms with Crippen LogP contribution in [0.2, 0.25) is 0 Å². The Balaban J connectivity index is 1.39. The first kappa shape index (κ1) is 27.5. The maximum Gasteiger partial charge on any atom is 0.161 e. The summed E-state index contributed by atoms with van der Waals surface area (Å²) in [5, 5.41) is 0. The number of hydrogen-bond acceptors (Lipinski definition) is 5. The fourth-order valence-corrected chi connectivity index (χ4v) is 4.53. The van der Waals surface area contributed by atoms with Gasteiger partial charge in [0.1, 0.15) is 6.10 Å². The monoisotopic (exact) mass is 504 g/mol. The van der Waals surface area contributed by atoms with Crippen LogP contribution in [-0.4, -0.2) is 37.3 Å². The van der Waals surface area contributed by atoms with Gasteiger partial charge in [-0.3, -0.25) is 0 Å². The summed E-state index contributed by atoms with van der Waals surface area (Å²) in [6.45, 7) is 8.26. The first-order valence-electron chi connectivity index (χ1n) is 13.2. The molecule has 1 fully saturated rings. The summed E-state index contributed by atoms with van der Waals surface area (Å²) < 4.78 is 31.5. The number of rotatable bonds is 12. The zero-order chi connectivity index (χ0) is 25.9. The van der Waals surface area contributed by atoms with Gasteiger partial charge < -0.3 is 23.7 Å². The molecule has 0 unspecified atom stereocenters. The number of benzene rings is 3. The minimum Gasteiger partial charge on any atom is -0.374 e. The molecule has 1 aliphatic heterocycles. The van der Waals surface area contributed by atoms with E-state index in [0.29, 0.717) is 32.8 Å². The Morgan fingerprint density at radius 2 is 1.32 bits per heavy atom. The van der Waals surface area contributed by atoms with Crippen molar-refractivity contribution >= 4 is 0 Å². The Labute approximate surface area is 221 Å². The SMILES string of the molecule is CC(C)(C)O[C@@H]1C[C@H](COCc2ccccc2)O[C@H](O[C@@H](COCc2ccccc2)c2ccccc2)C1. The van der Waals surface area contributed by atoms with Crippen LogP contribution in [0.3, 0.4) is 0 Å². The van der Waals surface area contributed by atoms with Gasteiger partial charge in [-0.05, 0) is 37.5 Å². The topological polar surface area (TPSA) is 46.2 Å². The molecule has 0 aromatic heterocycles. The van der Waals surface area contributed by atoms with Gasteiger partial charge in [-0.25, -0.2) is 0 Å². The van der Waals surface area contributed by atoms with E-state index in [0.717, 1.165) is 23.1 Å². The van der Waals surface area contributed by atoms with Crippen molar-refractivity contribution in [1.29, 1.82) is 0 Å². The van der Waals surface area contributed by atoms with Gasteiger partial charge in [-0.1, -0.05) is 91.0 Å². The second-order valence-corrected chi connectivity index (χ2v) is 10.5. The highest BCUT2D eigenvalue weighted by molar-refractivity contribution is 5.18. The Bertz CT molecular complexity index is 1020. The van der Waals surface area contributed by atoms with Gasteiger partial charge in [0.15, 0.2) is 6.29 Å². The quantitative estimate of drug-likeness (QED) is 0.269. The van der Waals surface area contributed by atoms with Gasteiger partial charge in [-0.15, -0.1) is 0 Å². The molecule has 3 aromatic carbocycles. The van der Waals surface area contributed by atoms with E-state index in [1.54, 1.807) is 0 Å². The summed E-state index contributed by atoms with van der Waals surface area (Å²) in [5.41, 5.74) is 3.10. The van der Waals surface area contributed by atoms with E-state index in [1.165, 1.54) is 0 Å². The van der Waals surface area contributed by atoms with Crippen LogP contribution >= 0.6 is 0 Å². The molecule has 0 N–H and O–H groups in total. The number of hydrogen-bond donors (Lipinski definition) is 0. The van der Waals surface area contributed by atoms with Gasteiger partial charge in [-0.2, -0.15) is 0 Å². The molecule has 0 bridgehead atoms. The van der Waals surface area contributed by atoms with E-state index in [9.17, 15) is 0 Å². The van der Waals surface area contributed by atoms with Crippen molar-refractivity contribution in [3.63, 3.8) is 0 Å². The maximum absolute atomic E-state index is 6.57. The molecule has 1 heterocycles. The molecule has 5 heteroatoms. The lowest BCUT2D eigenvalue weighted by Crippen LogP contribution is -2.43. The van der Waals surface area contributed by atoms with Crippen LogP contribution in [0.4, 0.5) is 0 Å². The van der Waals surface area contributed by atoms with E-state index >= 15 is 0 Å². The summed E-state index contributed by atoms with van der Waals surface area (Å²) >= 11 is 0. The highest BCUT2D eigenvalue weighted by Crippen LogP contribution is 2.31. The molecule has 4 atom stereocenters. The third-order valence-corrected chi connectivity index (χ3v) is 6.13. The van der Waals surface area contributed by atoms with Crippen molar-refractivity contribution in [2.45, 2.75) is 77.0 Å². The molecule has 0 amide bonds. The lowest BCUT2D eigenvalue weighted by atomic mass is 10.0. The molecule has 5 nitrogen and oxygen atoms in total. The Morgan fingerprint density at radius 3 is 1.92 bits per heavy atom. The third-order valence-electron chi connectivity index (χ3n) is 6.13. The molecule has 0 aliphatic carbocycles. The molecule has 3 aromatic rings. The molecule has 37 heavy (non-hydrogen) atoms. The largest absolute Gasteiger partial charge is 0.374 e. The van der Waals surface area contributed by atoms with Crippen LogP contribution in [0.15, 0.2) is 91.0 Å². The average Bonchev–Trinajstić information content (AvgIpc) is 2.89. The van der Waals surface area contributed by atoms with Crippen LogP contribution in [0.1, 0.15) is 56.4 Å². The Morgan fingerprint density at radius 1 is 0.757 bits per heavy atom. The van der Waals surface area contributed by atoms with Crippen molar-refractivity contribution in [2.75, 3.05) is 13.2 Å². The van der Waals surface area contributed by atoms with Crippen LogP contribution in [0.5, 0.6) is 0 Å². The van der Waals surface area contributed by atoms with Crippen LogP contribution < -0.4 is 0 Å². The molecular formula is C32H40O5. The van der Waals surface area contributed by atoms with Crippen LogP contribution in [0, 0.1) is 0 Å². The lowest BCUT2D eigenvalue weighted by Gasteiger charge is -2.39. The second kappa shape index (κ2) is 13.8. The van der Waals surface area contributed by atoms with Crippen LogP contribution in [-0.2, 0) is 36.9 Å². The highest BCUT2D eigenvalue weighted by atomic mass is 16.7. The Hall–Kier alpha value is -2.54. The standard InChI is InChI=1S/C32H40O5/c1-32(2,3)37-28-19-29(23-33-21-25-13-7-4-8-14-25)35-31(20-28)36-30(27-17-11-6-12-18-27)24-34-22-26-15-9-5-10-16-26/h4-18,28-31H,19-24H2,1-3H3/t28-,29-,30+,31-/m1/s1. The molecule has 0 spiro atoms. The summed E-state index contributed by atoms with van der Waals surface area (Å²) in [7, 11) is 0. The first-order valence-corrected chi connectivity index (χ1v) is 13.2. The molecule has 4 rings (SSSR count). The molecule has 1 aliphatic rings. The van der Waals surface area contributed by atoms with Gasteiger partial charge in [0.05, 0.1) is 44.2 Å². The lowest BCUT2D eigenvalue weighted by molar-refractivity contribution is -0.261. The van der Waals surface area contributed by atoms with Crippen molar-refractivity contribution in [2.24, 2.45) is 0 Å². The summed E-state index contributed by atoms with van der Waals surface area (Å²) in [5.74, 6) is 0. The van der Waals surface area contributed by atoms with Gasteiger partial charge >= 0.3 is 0 Å². The summed E-state index contributed by atoms with van der Waals surface area (Å²) in [4.78, 5) is 0. The Kier molecular flexibility index (Phi) is 10.3. The predicted octanol–water partition coefficient (Wildman–Crippen LogP) is 6.87. The minimum atomic E-state index is -0.419. The van der Waals surface area contributed by atoms with E-state index in [1.807, 2.05) is 54.6 Å². The highest BCUT2D eigenvalue weighted by Gasteiger charge is 2.34. The van der Waals surface area contributed by atoms with Crippen LogP contribution in [0.25, 0.3) is 0 Å². The molecule has 0 radical (unpaired) electrons. The fraction of sp³-hybridized carbons (Fsp3) is 0.438. The fourth-order valence-electron chi connectivity index (χ4n) is 4.53. The van der Waals surface area contributed by atoms with Crippen molar-refractivity contribution in [1.82, 2.24) is 0 Å². The zero-order valence-electron chi connectivity index (χ0n) is 22.3. The average molecular weight is 505 g/mol. The van der Waals surface area contributed by atoms with Crippen molar-refractivity contribution < 1.29 is 23.7 Å². The first-order chi connectivity index (χ1) is 17.9. The third kappa shape index (κ3) is 9.69. The normalized spacial score (nSPS) is 21.0. The second-order valence-electron chi connectivity index (χ2n) is 10.5. The number of ether oxygens (including phenoxy) is 5. The molecule has 0 saturated carbocycles. The van der Waals surface area contributed by atoms with E-state index in [4.69, 9.17) is 23.7 Å². The molecular weight excluding hydrogens is 464 g/mol. The van der Waals surface area contributed by atoms with E-state index < -0.39 is 6.29 Å². The predicted molar refractivity (Wildman–Crippen MR) is 145 cm³/mol. The van der Waals surface area contributed by atoms with Crippen molar-refractivity contribution in [3.8, 4) is 0 Å². The van der Waals surface area contributed by atoms with E-state index in [-0.39, 0.29) is 23.9 Å². The van der Waals surface area contributed by atoms with Gasteiger partial charge in [0.25, 0.3) is 0 Å². The minimum absolute atomic E-state index is 0.0192. The smallest absolute Gasteiger partial charge is 0.161 e. The van der Waals surface area contributed by atoms with Crippen molar-refractivity contribution in [3.05, 3.63) is 108 Å². The van der Waals surface area contributed by atoms with E-state index in [2.05, 4.69) is 57.2 Å². The zero-order valence-corrected chi connectivity index (χ0v) is 22.3. The maximum atomic E-state index is 6.57. The molecule has 198 valence electrons.